The molecule has 3 aromatic rings. The Kier molecular flexibility index (Phi) is 5.84. The SMILES string of the molecule is Cc1c2cnn(-c3ccccc3)c(=O)c2c(C)n1CC(=O)NCCC1=CCCCC1. The van der Waals surface area contributed by atoms with Crippen LogP contribution in [0.25, 0.3) is 16.5 Å². The van der Waals surface area contributed by atoms with Gasteiger partial charge in [-0.1, -0.05) is 29.8 Å². The summed E-state index contributed by atoms with van der Waals surface area (Å²) in [6.07, 6.45) is 9.79. The van der Waals surface area contributed by atoms with Gasteiger partial charge in [0.1, 0.15) is 6.54 Å². The van der Waals surface area contributed by atoms with E-state index in [9.17, 15) is 9.59 Å². The first-order chi connectivity index (χ1) is 14.6. The molecule has 156 valence electrons. The quantitative estimate of drug-likeness (QED) is 0.635. The van der Waals surface area contributed by atoms with Crippen LogP contribution in [0.1, 0.15) is 43.5 Å². The predicted octanol–water partition coefficient (Wildman–Crippen LogP) is 3.81. The van der Waals surface area contributed by atoms with Gasteiger partial charge in [-0.25, -0.2) is 0 Å². The Morgan fingerprint density at radius 2 is 1.93 bits per heavy atom. The van der Waals surface area contributed by atoms with Crippen LogP contribution in [0.2, 0.25) is 0 Å². The number of aryl methyl sites for hydroxylation is 2. The Balaban J connectivity index is 1.54. The summed E-state index contributed by atoms with van der Waals surface area (Å²) in [7, 11) is 0. The van der Waals surface area contributed by atoms with E-state index in [4.69, 9.17) is 0 Å². The second kappa shape index (κ2) is 8.69. The average molecular weight is 405 g/mol. The molecule has 1 aliphatic rings. The topological polar surface area (TPSA) is 68.9 Å². The number of fused-ring (bicyclic) bond motifs is 1. The summed E-state index contributed by atoms with van der Waals surface area (Å²) < 4.78 is 3.33. The lowest BCUT2D eigenvalue weighted by atomic mass is 9.97. The van der Waals surface area contributed by atoms with Crippen LogP contribution in [0.3, 0.4) is 0 Å². The molecule has 0 unspecified atom stereocenters. The maximum absolute atomic E-state index is 13.1. The van der Waals surface area contributed by atoms with Crippen LogP contribution in [-0.4, -0.2) is 26.8 Å². The van der Waals surface area contributed by atoms with Gasteiger partial charge in [0.15, 0.2) is 0 Å². The van der Waals surface area contributed by atoms with Crippen molar-refractivity contribution in [2.24, 2.45) is 0 Å². The Hall–Kier alpha value is -3.15. The molecule has 0 fully saturated rings. The number of carbonyl (C=O) groups excluding carboxylic acids is 1. The molecule has 0 aliphatic heterocycles. The molecule has 6 nitrogen and oxygen atoms in total. The standard InChI is InChI=1S/C24H28N4O2/c1-17-21-15-26-28(20-11-7-4-8-12-20)24(30)23(21)18(2)27(17)16-22(29)25-14-13-19-9-5-3-6-10-19/h4,7-9,11-12,15H,3,5-6,10,13-14,16H2,1-2H3,(H,25,29). The highest BCUT2D eigenvalue weighted by atomic mass is 16.2. The fraction of sp³-hybridized carbons (Fsp3) is 0.375. The molecular weight excluding hydrogens is 376 g/mol. The normalized spacial score (nSPS) is 14.0. The molecule has 0 spiro atoms. The number of nitrogens with one attached hydrogen (secondary N) is 1. The molecule has 6 heteroatoms. The van der Waals surface area contributed by atoms with Crippen molar-refractivity contribution in [3.63, 3.8) is 0 Å². The van der Waals surface area contributed by atoms with Crippen LogP contribution in [0.4, 0.5) is 0 Å². The first-order valence-electron chi connectivity index (χ1n) is 10.6. The molecular formula is C24H28N4O2. The van der Waals surface area contributed by atoms with Crippen molar-refractivity contribution in [2.45, 2.75) is 52.5 Å². The van der Waals surface area contributed by atoms with Gasteiger partial charge in [0.25, 0.3) is 5.56 Å². The van der Waals surface area contributed by atoms with E-state index in [0.717, 1.165) is 41.7 Å². The number of hydrogen-bond donors (Lipinski definition) is 1. The first kappa shape index (κ1) is 20.1. The summed E-state index contributed by atoms with van der Waals surface area (Å²) in [5, 5.41) is 8.80. The molecule has 0 atom stereocenters. The number of amides is 1. The number of aromatic nitrogens is 3. The average Bonchev–Trinajstić information content (AvgIpc) is 3.00. The lowest BCUT2D eigenvalue weighted by Crippen LogP contribution is -2.29. The Labute approximate surface area is 176 Å². The molecule has 1 N–H and O–H groups in total. The number of hydrogen-bond acceptors (Lipinski definition) is 3. The van der Waals surface area contributed by atoms with Crippen LogP contribution in [-0.2, 0) is 11.3 Å². The van der Waals surface area contributed by atoms with E-state index in [1.54, 1.807) is 6.20 Å². The van der Waals surface area contributed by atoms with E-state index in [1.807, 2.05) is 48.7 Å². The summed E-state index contributed by atoms with van der Waals surface area (Å²) in [6, 6.07) is 9.38. The zero-order valence-corrected chi connectivity index (χ0v) is 17.6. The second-order valence-corrected chi connectivity index (χ2v) is 7.95. The molecule has 0 saturated carbocycles. The number of carbonyl (C=O) groups is 1. The zero-order valence-electron chi connectivity index (χ0n) is 17.6. The smallest absolute Gasteiger partial charge is 0.281 e. The van der Waals surface area contributed by atoms with Gasteiger partial charge in [0.05, 0.1) is 17.3 Å². The van der Waals surface area contributed by atoms with Gasteiger partial charge < -0.3 is 9.88 Å². The van der Waals surface area contributed by atoms with Crippen LogP contribution in [0.5, 0.6) is 0 Å². The fourth-order valence-corrected chi connectivity index (χ4v) is 4.29. The Bertz CT molecular complexity index is 1160. The fourth-order valence-electron chi connectivity index (χ4n) is 4.29. The summed E-state index contributed by atoms with van der Waals surface area (Å²) in [5.74, 6) is -0.0331. The third-order valence-electron chi connectivity index (χ3n) is 6.00. The van der Waals surface area contributed by atoms with Crippen molar-refractivity contribution in [1.82, 2.24) is 19.7 Å². The monoisotopic (exact) mass is 404 g/mol. The van der Waals surface area contributed by atoms with Gasteiger partial charge in [-0.3, -0.25) is 9.59 Å². The Morgan fingerprint density at radius 3 is 2.67 bits per heavy atom. The van der Waals surface area contributed by atoms with Crippen molar-refractivity contribution in [1.29, 1.82) is 0 Å². The van der Waals surface area contributed by atoms with Gasteiger partial charge in [0.2, 0.25) is 5.91 Å². The number of allylic oxidation sites excluding steroid dienone is 1. The summed E-state index contributed by atoms with van der Waals surface area (Å²) in [6.45, 7) is 4.69. The van der Waals surface area contributed by atoms with Crippen molar-refractivity contribution < 1.29 is 4.79 Å². The van der Waals surface area contributed by atoms with Crippen molar-refractivity contribution >= 4 is 16.7 Å². The lowest BCUT2D eigenvalue weighted by Gasteiger charge is -2.14. The number of benzene rings is 1. The van der Waals surface area contributed by atoms with Crippen LogP contribution >= 0.6 is 0 Å². The summed E-state index contributed by atoms with van der Waals surface area (Å²) in [5.41, 5.74) is 3.70. The van der Waals surface area contributed by atoms with E-state index in [1.165, 1.54) is 23.1 Å². The summed E-state index contributed by atoms with van der Waals surface area (Å²) in [4.78, 5) is 25.7. The number of rotatable bonds is 6. The molecule has 0 bridgehead atoms. The van der Waals surface area contributed by atoms with Gasteiger partial charge in [-0.05, 0) is 58.1 Å². The number of nitrogens with zero attached hydrogens (tertiary/aromatic N) is 3. The second-order valence-electron chi connectivity index (χ2n) is 7.95. The zero-order chi connectivity index (χ0) is 21.1. The van der Waals surface area contributed by atoms with E-state index >= 15 is 0 Å². The van der Waals surface area contributed by atoms with Crippen LogP contribution in [0.15, 0.2) is 53.0 Å². The highest BCUT2D eigenvalue weighted by Gasteiger charge is 2.18. The molecule has 0 saturated heterocycles. The molecule has 1 amide bonds. The third-order valence-corrected chi connectivity index (χ3v) is 6.00. The first-order valence-corrected chi connectivity index (χ1v) is 10.6. The van der Waals surface area contributed by atoms with E-state index in [-0.39, 0.29) is 18.0 Å². The maximum atomic E-state index is 13.1. The molecule has 0 radical (unpaired) electrons. The van der Waals surface area contributed by atoms with Gasteiger partial charge in [0, 0.05) is 23.3 Å². The van der Waals surface area contributed by atoms with Crippen LogP contribution < -0.4 is 10.9 Å². The van der Waals surface area contributed by atoms with E-state index < -0.39 is 0 Å². The largest absolute Gasteiger partial charge is 0.354 e. The van der Waals surface area contributed by atoms with Crippen molar-refractivity contribution in [3.05, 3.63) is 69.9 Å². The minimum atomic E-state index is -0.164. The third kappa shape index (κ3) is 3.95. The molecule has 2 heterocycles. The molecule has 1 aromatic carbocycles. The summed E-state index contributed by atoms with van der Waals surface area (Å²) >= 11 is 0. The van der Waals surface area contributed by atoms with E-state index in [0.29, 0.717) is 11.9 Å². The van der Waals surface area contributed by atoms with Gasteiger partial charge >= 0.3 is 0 Å². The lowest BCUT2D eigenvalue weighted by molar-refractivity contribution is -0.121. The van der Waals surface area contributed by atoms with Gasteiger partial charge in [-0.15, -0.1) is 0 Å². The predicted molar refractivity (Wildman–Crippen MR) is 119 cm³/mol. The Morgan fingerprint density at radius 1 is 1.13 bits per heavy atom. The highest BCUT2D eigenvalue weighted by Crippen LogP contribution is 2.22. The molecule has 4 rings (SSSR count). The minimum Gasteiger partial charge on any atom is -0.354 e. The van der Waals surface area contributed by atoms with Crippen molar-refractivity contribution in [2.75, 3.05) is 6.54 Å². The van der Waals surface area contributed by atoms with Gasteiger partial charge in [-0.2, -0.15) is 9.78 Å². The molecule has 2 aromatic heterocycles. The van der Waals surface area contributed by atoms with Crippen molar-refractivity contribution in [3.8, 4) is 5.69 Å². The number of para-hydroxylation sites is 1. The maximum Gasteiger partial charge on any atom is 0.281 e. The minimum absolute atomic E-state index is 0.0331. The highest BCUT2D eigenvalue weighted by molar-refractivity contribution is 5.88. The van der Waals surface area contributed by atoms with Crippen LogP contribution in [0, 0.1) is 13.8 Å². The molecule has 1 aliphatic carbocycles. The molecule has 30 heavy (non-hydrogen) atoms. The van der Waals surface area contributed by atoms with E-state index in [2.05, 4.69) is 16.5 Å².